The summed E-state index contributed by atoms with van der Waals surface area (Å²) in [6, 6.07) is 10.5. The maximum atomic E-state index is 14.1. The first kappa shape index (κ1) is 26.8. The van der Waals surface area contributed by atoms with Gasteiger partial charge in [0.1, 0.15) is 5.82 Å². The van der Waals surface area contributed by atoms with Crippen molar-refractivity contribution in [2.24, 2.45) is 0 Å². The van der Waals surface area contributed by atoms with Gasteiger partial charge in [-0.1, -0.05) is 18.2 Å². The molecule has 0 unspecified atom stereocenters. The fourth-order valence-corrected chi connectivity index (χ4v) is 6.82. The molecule has 5 rings (SSSR count). The number of hydrogen-bond acceptors (Lipinski definition) is 5. The van der Waals surface area contributed by atoms with Gasteiger partial charge >= 0.3 is 0 Å². The number of sulfone groups is 1. The second-order valence-corrected chi connectivity index (χ2v) is 12.4. The van der Waals surface area contributed by atoms with Crippen LogP contribution in [0.4, 0.5) is 10.1 Å². The van der Waals surface area contributed by atoms with Gasteiger partial charge in [-0.15, -0.1) is 0 Å². The monoisotopic (exact) mass is 550 g/mol. The molecule has 2 aliphatic heterocycles. The van der Waals surface area contributed by atoms with Crippen molar-refractivity contribution in [2.45, 2.75) is 50.4 Å². The van der Waals surface area contributed by atoms with Crippen molar-refractivity contribution >= 4 is 39.0 Å². The van der Waals surface area contributed by atoms with Crippen LogP contribution in [-0.2, 0) is 20.4 Å². The lowest BCUT2D eigenvalue weighted by molar-refractivity contribution is -0.110. The van der Waals surface area contributed by atoms with Crippen LogP contribution < -0.4 is 10.6 Å². The van der Waals surface area contributed by atoms with Crippen molar-refractivity contribution in [2.75, 3.05) is 18.4 Å². The fraction of sp³-hybridized carbons (Fsp3) is 0.310. The number of anilines is 1. The molecule has 8 nitrogen and oxygen atoms in total. The number of H-pyrrole nitrogens is 1. The molecule has 0 bridgehead atoms. The maximum absolute atomic E-state index is 14.1. The molecule has 3 N–H and O–H groups in total. The molecule has 3 heterocycles. The Bertz CT molecular complexity index is 1620. The number of hydrogen-bond donors (Lipinski definition) is 3. The minimum atomic E-state index is -3.88. The highest BCUT2D eigenvalue weighted by molar-refractivity contribution is 7.90. The van der Waals surface area contributed by atoms with Crippen LogP contribution in [0.1, 0.15) is 52.3 Å². The van der Waals surface area contributed by atoms with Crippen LogP contribution in [-0.4, -0.2) is 55.3 Å². The summed E-state index contributed by atoms with van der Waals surface area (Å²) in [5, 5.41) is 6.20. The third-order valence-corrected chi connectivity index (χ3v) is 8.92. The van der Waals surface area contributed by atoms with Gasteiger partial charge in [-0.2, -0.15) is 0 Å². The third kappa shape index (κ3) is 5.14. The highest BCUT2D eigenvalue weighted by Gasteiger charge is 2.31. The highest BCUT2D eigenvalue weighted by atomic mass is 32.2. The molecule has 1 fully saturated rings. The van der Waals surface area contributed by atoms with E-state index in [9.17, 15) is 22.4 Å². The summed E-state index contributed by atoms with van der Waals surface area (Å²) in [5.41, 5.74) is 3.85. The van der Waals surface area contributed by atoms with Gasteiger partial charge in [-0.05, 0) is 63.6 Å². The number of benzene rings is 2. The number of fused-ring (bicyclic) bond motifs is 1. The SMILES string of the molecule is Cc1[nH]c(C=C2C(=O)Nc3ccc(S(=O)(=O)Cc4ccccc4F)cc32)c(C)c1C(=O)N1C[C@@H](C)N[C@@H](C)C1. The molecule has 0 radical (unpaired) electrons. The minimum absolute atomic E-state index is 0.0101. The van der Waals surface area contributed by atoms with Crippen LogP contribution >= 0.6 is 0 Å². The quantitative estimate of drug-likeness (QED) is 0.415. The summed E-state index contributed by atoms with van der Waals surface area (Å²) in [6.45, 7) is 8.95. The lowest BCUT2D eigenvalue weighted by Crippen LogP contribution is -2.55. The Balaban J connectivity index is 1.48. The number of carbonyl (C=O) groups is 2. The van der Waals surface area contributed by atoms with E-state index in [0.717, 1.165) is 0 Å². The normalized spacial score (nSPS) is 20.3. The lowest BCUT2D eigenvalue weighted by Gasteiger charge is -2.36. The number of amides is 2. The van der Waals surface area contributed by atoms with Crippen molar-refractivity contribution in [3.8, 4) is 0 Å². The average molecular weight is 551 g/mol. The van der Waals surface area contributed by atoms with Crippen LogP contribution in [0.25, 0.3) is 11.6 Å². The first-order valence-electron chi connectivity index (χ1n) is 12.8. The Kier molecular flexibility index (Phi) is 6.94. The van der Waals surface area contributed by atoms with Crippen LogP contribution in [0, 0.1) is 19.7 Å². The van der Waals surface area contributed by atoms with E-state index in [4.69, 9.17) is 0 Å². The standard InChI is InChI=1S/C29H31FN4O4S/c1-16-13-34(14-17(2)31-16)29(36)27-18(3)26(32-19(27)4)12-23-22-11-21(9-10-25(22)33-28(23)35)39(37,38)15-20-7-5-6-8-24(20)30/h5-12,16-17,31-32H,13-15H2,1-4H3,(H,33,35)/t16-,17+. The third-order valence-electron chi connectivity index (χ3n) is 7.26. The summed E-state index contributed by atoms with van der Waals surface area (Å²) in [5.74, 6) is -1.53. The minimum Gasteiger partial charge on any atom is -0.358 e. The Hall–Kier alpha value is -3.76. The number of aromatic amines is 1. The topological polar surface area (TPSA) is 111 Å². The molecule has 10 heteroatoms. The molecule has 39 heavy (non-hydrogen) atoms. The number of piperazine rings is 1. The molecular formula is C29H31FN4O4S. The van der Waals surface area contributed by atoms with Crippen molar-refractivity contribution in [1.29, 1.82) is 0 Å². The molecule has 204 valence electrons. The Morgan fingerprint density at radius 2 is 1.79 bits per heavy atom. The average Bonchev–Trinajstić information content (AvgIpc) is 3.33. The van der Waals surface area contributed by atoms with E-state index in [1.54, 1.807) is 12.1 Å². The molecule has 0 spiro atoms. The summed E-state index contributed by atoms with van der Waals surface area (Å²) in [7, 11) is -3.88. The number of halogens is 1. The first-order chi connectivity index (χ1) is 18.4. The number of aromatic nitrogens is 1. The largest absolute Gasteiger partial charge is 0.358 e. The number of nitrogens with one attached hydrogen (secondary N) is 3. The number of nitrogens with zero attached hydrogens (tertiary/aromatic N) is 1. The fourth-order valence-electron chi connectivity index (χ4n) is 5.44. The van der Waals surface area contributed by atoms with Gasteiger partial charge in [0, 0.05) is 53.4 Å². The predicted octanol–water partition coefficient (Wildman–Crippen LogP) is 4.06. The van der Waals surface area contributed by atoms with E-state index in [2.05, 4.69) is 15.6 Å². The molecule has 3 aromatic rings. The Morgan fingerprint density at radius 1 is 1.10 bits per heavy atom. The van der Waals surface area contributed by atoms with Gasteiger partial charge in [-0.3, -0.25) is 9.59 Å². The molecule has 1 aromatic heterocycles. The van der Waals surface area contributed by atoms with Crippen molar-refractivity contribution in [3.63, 3.8) is 0 Å². The van der Waals surface area contributed by atoms with Crippen LogP contribution in [0.2, 0.25) is 0 Å². The molecule has 0 aliphatic carbocycles. The second-order valence-electron chi connectivity index (χ2n) is 10.4. The smallest absolute Gasteiger partial charge is 0.256 e. The van der Waals surface area contributed by atoms with Crippen molar-refractivity contribution in [3.05, 3.63) is 81.9 Å². The van der Waals surface area contributed by atoms with E-state index < -0.39 is 21.4 Å². The molecule has 0 saturated carbocycles. The first-order valence-corrected chi connectivity index (χ1v) is 14.5. The molecule has 2 amide bonds. The number of carbonyl (C=O) groups excluding carboxylic acids is 2. The molecule has 2 atom stereocenters. The van der Waals surface area contributed by atoms with Gasteiger partial charge in [-0.25, -0.2) is 12.8 Å². The maximum Gasteiger partial charge on any atom is 0.256 e. The zero-order chi connectivity index (χ0) is 28.1. The van der Waals surface area contributed by atoms with Gasteiger partial charge in [0.2, 0.25) is 0 Å². The van der Waals surface area contributed by atoms with Gasteiger partial charge in [0.25, 0.3) is 11.8 Å². The summed E-state index contributed by atoms with van der Waals surface area (Å²) >= 11 is 0. The summed E-state index contributed by atoms with van der Waals surface area (Å²) < 4.78 is 40.4. The number of rotatable bonds is 5. The van der Waals surface area contributed by atoms with Crippen molar-refractivity contribution in [1.82, 2.24) is 15.2 Å². The predicted molar refractivity (Wildman–Crippen MR) is 148 cm³/mol. The van der Waals surface area contributed by atoms with Crippen molar-refractivity contribution < 1.29 is 22.4 Å². The van der Waals surface area contributed by atoms with E-state index >= 15 is 0 Å². The second kappa shape index (κ2) is 10.1. The van der Waals surface area contributed by atoms with Gasteiger partial charge < -0.3 is 20.5 Å². The molecular weight excluding hydrogens is 519 g/mol. The Morgan fingerprint density at radius 3 is 2.49 bits per heavy atom. The van der Waals surface area contributed by atoms with Gasteiger partial charge in [0.05, 0.1) is 21.8 Å². The summed E-state index contributed by atoms with van der Waals surface area (Å²) in [6.07, 6.45) is 1.65. The molecule has 1 saturated heterocycles. The summed E-state index contributed by atoms with van der Waals surface area (Å²) in [4.78, 5) is 31.4. The van der Waals surface area contributed by atoms with Crippen LogP contribution in [0.3, 0.4) is 0 Å². The van der Waals surface area contributed by atoms with E-state index in [1.165, 1.54) is 36.4 Å². The zero-order valence-corrected chi connectivity index (χ0v) is 23.1. The van der Waals surface area contributed by atoms with E-state index in [0.29, 0.717) is 46.9 Å². The van der Waals surface area contributed by atoms with E-state index in [1.807, 2.05) is 32.6 Å². The number of aryl methyl sites for hydroxylation is 1. The van der Waals surface area contributed by atoms with E-state index in [-0.39, 0.29) is 39.9 Å². The van der Waals surface area contributed by atoms with Gasteiger partial charge in [0.15, 0.2) is 9.84 Å². The Labute approximate surface area is 227 Å². The zero-order valence-electron chi connectivity index (χ0n) is 22.3. The van der Waals surface area contributed by atoms with Crippen LogP contribution in [0.5, 0.6) is 0 Å². The molecule has 2 aromatic carbocycles. The molecule has 2 aliphatic rings. The van der Waals surface area contributed by atoms with Crippen LogP contribution in [0.15, 0.2) is 47.4 Å². The lowest BCUT2D eigenvalue weighted by atomic mass is 10.0. The highest BCUT2D eigenvalue weighted by Crippen LogP contribution is 2.36.